The van der Waals surface area contributed by atoms with Crippen LogP contribution in [0.4, 0.5) is 0 Å². The second kappa shape index (κ2) is 6.80. The van der Waals surface area contributed by atoms with Crippen molar-refractivity contribution in [3.05, 3.63) is 29.6 Å². The van der Waals surface area contributed by atoms with E-state index in [1.54, 1.807) is 12.1 Å². The lowest BCUT2D eigenvalue weighted by Gasteiger charge is -2.35. The van der Waals surface area contributed by atoms with Crippen molar-refractivity contribution in [2.75, 3.05) is 12.3 Å². The Morgan fingerprint density at radius 3 is 3.11 bits per heavy atom. The molecule has 0 N–H and O–H groups in total. The first-order valence-corrected chi connectivity index (χ1v) is 7.81. The van der Waals surface area contributed by atoms with Crippen molar-refractivity contribution in [3.63, 3.8) is 0 Å². The van der Waals surface area contributed by atoms with Crippen molar-refractivity contribution in [3.8, 4) is 0 Å². The van der Waals surface area contributed by atoms with Crippen LogP contribution in [0.2, 0.25) is 0 Å². The number of rotatable bonds is 4. The lowest BCUT2D eigenvalue weighted by molar-refractivity contribution is -0.645. The lowest BCUT2D eigenvalue weighted by Crippen LogP contribution is -2.44. The van der Waals surface area contributed by atoms with E-state index in [2.05, 4.69) is 6.92 Å². The lowest BCUT2D eigenvalue weighted by atomic mass is 10.0. The van der Waals surface area contributed by atoms with Gasteiger partial charge in [-0.1, -0.05) is 6.92 Å². The smallest absolute Gasteiger partial charge is 0.251 e. The van der Waals surface area contributed by atoms with Crippen LogP contribution in [0.3, 0.4) is 0 Å². The number of carbonyl (C=O) groups is 1. The molecule has 19 heavy (non-hydrogen) atoms. The molecule has 0 saturated carbocycles. The summed E-state index contributed by atoms with van der Waals surface area (Å²) >= 11 is 1.32. The summed E-state index contributed by atoms with van der Waals surface area (Å²) in [6.07, 6.45) is 5.90. The zero-order valence-electron chi connectivity index (χ0n) is 11.2. The van der Waals surface area contributed by atoms with Crippen LogP contribution in [-0.4, -0.2) is 29.1 Å². The van der Waals surface area contributed by atoms with Crippen molar-refractivity contribution >= 4 is 17.7 Å². The molecular weight excluding hydrogens is 260 g/mol. The molecule has 104 valence electrons. The standard InChI is InChI=1S/C14H20N2O2S/c1-2-12-7-3-5-9-15(12)13(17)11-19-14-8-4-6-10-16(14)18/h4,6,8,10,12H,2-3,5,7,9,11H2,1H3. The van der Waals surface area contributed by atoms with Crippen LogP contribution < -0.4 is 4.73 Å². The number of piperidine rings is 1. The van der Waals surface area contributed by atoms with Gasteiger partial charge in [-0.25, -0.2) is 0 Å². The highest BCUT2D eigenvalue weighted by atomic mass is 32.2. The molecule has 1 fully saturated rings. The highest BCUT2D eigenvalue weighted by Gasteiger charge is 2.25. The van der Waals surface area contributed by atoms with Gasteiger partial charge in [0.05, 0.1) is 5.75 Å². The SMILES string of the molecule is CCC1CCCCN1C(=O)CSc1cccc[n+]1[O-]. The van der Waals surface area contributed by atoms with Gasteiger partial charge in [-0.05, 0) is 43.5 Å². The molecule has 0 aromatic carbocycles. The fraction of sp³-hybridized carbons (Fsp3) is 0.571. The van der Waals surface area contributed by atoms with Crippen molar-refractivity contribution in [2.45, 2.75) is 43.7 Å². The maximum Gasteiger partial charge on any atom is 0.251 e. The predicted octanol–water partition coefficient (Wildman–Crippen LogP) is 2.20. The minimum atomic E-state index is 0.153. The van der Waals surface area contributed by atoms with Gasteiger partial charge in [-0.2, -0.15) is 4.73 Å². The van der Waals surface area contributed by atoms with E-state index in [1.807, 2.05) is 11.0 Å². The highest BCUT2D eigenvalue weighted by molar-refractivity contribution is 7.99. The molecule has 1 amide bonds. The molecular formula is C14H20N2O2S. The Morgan fingerprint density at radius 2 is 2.37 bits per heavy atom. The van der Waals surface area contributed by atoms with Gasteiger partial charge >= 0.3 is 0 Å². The Labute approximate surface area is 118 Å². The first-order chi connectivity index (χ1) is 9.22. The third-order valence-corrected chi connectivity index (χ3v) is 4.55. The fourth-order valence-corrected chi connectivity index (χ4v) is 3.30. The Morgan fingerprint density at radius 1 is 1.53 bits per heavy atom. The van der Waals surface area contributed by atoms with Gasteiger partial charge in [-0.3, -0.25) is 4.79 Å². The van der Waals surface area contributed by atoms with Gasteiger partial charge < -0.3 is 10.1 Å². The average molecular weight is 280 g/mol. The van der Waals surface area contributed by atoms with Gasteiger partial charge in [0.1, 0.15) is 0 Å². The molecule has 1 aromatic rings. The van der Waals surface area contributed by atoms with Crippen molar-refractivity contribution in [1.29, 1.82) is 0 Å². The maximum absolute atomic E-state index is 12.2. The molecule has 4 nitrogen and oxygen atoms in total. The zero-order valence-corrected chi connectivity index (χ0v) is 12.1. The number of aromatic nitrogens is 1. The van der Waals surface area contributed by atoms with E-state index in [0.717, 1.165) is 30.5 Å². The normalized spacial score (nSPS) is 19.4. The zero-order chi connectivity index (χ0) is 13.7. The molecule has 0 aliphatic carbocycles. The summed E-state index contributed by atoms with van der Waals surface area (Å²) in [5, 5.41) is 12.1. The van der Waals surface area contributed by atoms with Gasteiger partial charge in [0.15, 0.2) is 6.20 Å². The quantitative estimate of drug-likeness (QED) is 0.482. The number of hydrogen-bond donors (Lipinski definition) is 0. The third kappa shape index (κ3) is 3.62. The van der Waals surface area contributed by atoms with Crippen LogP contribution in [-0.2, 0) is 4.79 Å². The van der Waals surface area contributed by atoms with Crippen LogP contribution in [0.1, 0.15) is 32.6 Å². The Kier molecular flexibility index (Phi) is 5.07. The third-order valence-electron chi connectivity index (χ3n) is 3.55. The average Bonchev–Trinajstić information content (AvgIpc) is 2.46. The summed E-state index contributed by atoms with van der Waals surface area (Å²) < 4.78 is 0.811. The summed E-state index contributed by atoms with van der Waals surface area (Å²) in [5.41, 5.74) is 0. The van der Waals surface area contributed by atoms with E-state index in [1.165, 1.54) is 24.4 Å². The molecule has 1 unspecified atom stereocenters. The highest BCUT2D eigenvalue weighted by Crippen LogP contribution is 2.21. The van der Waals surface area contributed by atoms with Crippen molar-refractivity contribution < 1.29 is 9.52 Å². The van der Waals surface area contributed by atoms with E-state index in [-0.39, 0.29) is 5.91 Å². The van der Waals surface area contributed by atoms with Crippen LogP contribution >= 0.6 is 11.8 Å². The molecule has 1 aliphatic heterocycles. The monoisotopic (exact) mass is 280 g/mol. The van der Waals surface area contributed by atoms with Gasteiger partial charge in [-0.15, -0.1) is 0 Å². The van der Waals surface area contributed by atoms with Crippen LogP contribution in [0.15, 0.2) is 29.4 Å². The van der Waals surface area contributed by atoms with E-state index in [0.29, 0.717) is 16.8 Å². The summed E-state index contributed by atoms with van der Waals surface area (Å²) in [4.78, 5) is 14.2. The van der Waals surface area contributed by atoms with Gasteiger partial charge in [0.25, 0.3) is 5.03 Å². The molecule has 2 heterocycles. The minimum absolute atomic E-state index is 0.153. The van der Waals surface area contributed by atoms with Gasteiger partial charge in [0, 0.05) is 24.7 Å². The number of likely N-dealkylation sites (tertiary alicyclic amines) is 1. The molecule has 0 bridgehead atoms. The van der Waals surface area contributed by atoms with Crippen LogP contribution in [0.5, 0.6) is 0 Å². The summed E-state index contributed by atoms with van der Waals surface area (Å²) in [6.45, 7) is 3.00. The molecule has 1 aromatic heterocycles. The van der Waals surface area contributed by atoms with E-state index >= 15 is 0 Å². The molecule has 0 radical (unpaired) electrons. The number of amides is 1. The number of carbonyl (C=O) groups excluding carboxylic acids is 1. The summed E-state index contributed by atoms with van der Waals surface area (Å²) in [6, 6.07) is 5.64. The number of thioether (sulfide) groups is 1. The van der Waals surface area contributed by atoms with Crippen molar-refractivity contribution in [1.82, 2.24) is 4.90 Å². The second-order valence-electron chi connectivity index (χ2n) is 4.80. The number of pyridine rings is 1. The van der Waals surface area contributed by atoms with Crippen LogP contribution in [0, 0.1) is 5.21 Å². The molecule has 0 spiro atoms. The number of nitrogens with zero attached hydrogens (tertiary/aromatic N) is 2. The molecule has 1 aliphatic rings. The largest absolute Gasteiger partial charge is 0.618 e. The van der Waals surface area contributed by atoms with Crippen molar-refractivity contribution in [2.24, 2.45) is 0 Å². The van der Waals surface area contributed by atoms with E-state index < -0.39 is 0 Å². The van der Waals surface area contributed by atoms with Gasteiger partial charge in [0.2, 0.25) is 5.91 Å². The molecule has 1 saturated heterocycles. The first kappa shape index (κ1) is 14.2. The summed E-state index contributed by atoms with van der Waals surface area (Å²) in [5.74, 6) is 0.503. The molecule has 1 atom stereocenters. The topological polar surface area (TPSA) is 47.2 Å². The Balaban J connectivity index is 1.92. The fourth-order valence-electron chi connectivity index (χ4n) is 2.50. The molecule has 5 heteroatoms. The number of hydrogen-bond acceptors (Lipinski definition) is 3. The Hall–Kier alpha value is -1.23. The minimum Gasteiger partial charge on any atom is -0.618 e. The maximum atomic E-state index is 12.2. The van der Waals surface area contributed by atoms with E-state index in [4.69, 9.17) is 0 Å². The first-order valence-electron chi connectivity index (χ1n) is 6.83. The van der Waals surface area contributed by atoms with Crippen LogP contribution in [0.25, 0.3) is 0 Å². The molecule has 2 rings (SSSR count). The predicted molar refractivity (Wildman–Crippen MR) is 75.8 cm³/mol. The van der Waals surface area contributed by atoms with E-state index in [9.17, 15) is 10.0 Å². The summed E-state index contributed by atoms with van der Waals surface area (Å²) in [7, 11) is 0. The Bertz CT molecular complexity index is 439. The second-order valence-corrected chi connectivity index (χ2v) is 5.79.